The fourth-order valence-electron chi connectivity index (χ4n) is 2.52. The minimum Gasteiger partial charge on any atom is -0.307 e. The van der Waals surface area contributed by atoms with Crippen LogP contribution in [0.3, 0.4) is 0 Å². The second kappa shape index (κ2) is 3.52. The summed E-state index contributed by atoms with van der Waals surface area (Å²) >= 11 is 0. The number of aryl methyl sites for hydroxylation is 1. The molecule has 0 aliphatic heterocycles. The highest BCUT2D eigenvalue weighted by molar-refractivity contribution is 5.18. The Morgan fingerprint density at radius 2 is 1.88 bits per heavy atom. The van der Waals surface area contributed by atoms with Crippen molar-refractivity contribution in [1.29, 1.82) is 0 Å². The van der Waals surface area contributed by atoms with Crippen molar-refractivity contribution in [2.45, 2.75) is 47.2 Å². The number of nitrogens with one attached hydrogen (secondary N) is 1. The Kier molecular flexibility index (Phi) is 2.54. The molecule has 1 aliphatic rings. The zero-order valence-corrected chi connectivity index (χ0v) is 10.8. The third-order valence-corrected chi connectivity index (χ3v) is 4.34. The van der Waals surface area contributed by atoms with Crippen LogP contribution in [0.1, 0.15) is 39.2 Å². The maximum absolute atomic E-state index is 4.39. The Bertz CT molecular complexity index is 382. The molecule has 2 rings (SSSR count). The van der Waals surface area contributed by atoms with Crippen molar-refractivity contribution in [2.75, 3.05) is 0 Å². The molecule has 0 spiro atoms. The first-order chi connectivity index (χ1) is 7.35. The Morgan fingerprint density at radius 1 is 1.25 bits per heavy atom. The van der Waals surface area contributed by atoms with Gasteiger partial charge in [0, 0.05) is 18.8 Å². The summed E-state index contributed by atoms with van der Waals surface area (Å²) in [6.07, 6.45) is 1.82. The first-order valence-corrected chi connectivity index (χ1v) is 5.87. The van der Waals surface area contributed by atoms with E-state index in [-0.39, 0.29) is 0 Å². The van der Waals surface area contributed by atoms with E-state index in [1.54, 1.807) is 0 Å². The lowest BCUT2D eigenvalue weighted by Gasteiger charge is -2.06. The van der Waals surface area contributed by atoms with Crippen LogP contribution in [0.2, 0.25) is 0 Å². The molecular formula is C13H21N3. The third-order valence-electron chi connectivity index (χ3n) is 4.34. The quantitative estimate of drug-likeness (QED) is 0.847. The van der Waals surface area contributed by atoms with E-state index in [0.717, 1.165) is 18.1 Å². The Balaban J connectivity index is 1.95. The maximum Gasteiger partial charge on any atom is 0.125 e. The predicted octanol–water partition coefficient (Wildman–Crippen LogP) is 2.31. The summed E-state index contributed by atoms with van der Waals surface area (Å²) in [5.74, 6) is 0.841. The van der Waals surface area contributed by atoms with Crippen molar-refractivity contribution in [3.63, 3.8) is 0 Å². The standard InChI is InChI=1S/C13H21N3/c1-9-14-7-6-10(16-9)8-15-11-12(2,3)13(11,4)5/h6-7,11,15H,8H2,1-5H3. The van der Waals surface area contributed by atoms with Crippen molar-refractivity contribution < 1.29 is 0 Å². The summed E-state index contributed by atoms with van der Waals surface area (Å²) < 4.78 is 0. The maximum atomic E-state index is 4.39. The van der Waals surface area contributed by atoms with E-state index in [0.29, 0.717) is 16.9 Å². The molecule has 3 heteroatoms. The molecule has 3 nitrogen and oxygen atoms in total. The van der Waals surface area contributed by atoms with Gasteiger partial charge in [-0.3, -0.25) is 0 Å². The molecule has 1 heterocycles. The Morgan fingerprint density at radius 3 is 2.38 bits per heavy atom. The lowest BCUT2D eigenvalue weighted by Crippen LogP contribution is -2.22. The lowest BCUT2D eigenvalue weighted by molar-refractivity contribution is 0.457. The Labute approximate surface area is 97.7 Å². The van der Waals surface area contributed by atoms with Crippen molar-refractivity contribution >= 4 is 0 Å². The molecule has 16 heavy (non-hydrogen) atoms. The van der Waals surface area contributed by atoms with Gasteiger partial charge in [-0.2, -0.15) is 0 Å². The normalized spacial score (nSPS) is 22.1. The van der Waals surface area contributed by atoms with Gasteiger partial charge in [0.05, 0.1) is 5.69 Å². The van der Waals surface area contributed by atoms with Crippen molar-refractivity contribution in [1.82, 2.24) is 15.3 Å². The van der Waals surface area contributed by atoms with E-state index >= 15 is 0 Å². The zero-order valence-electron chi connectivity index (χ0n) is 10.8. The van der Waals surface area contributed by atoms with Crippen molar-refractivity contribution in [2.24, 2.45) is 10.8 Å². The highest BCUT2D eigenvalue weighted by atomic mass is 15.1. The molecule has 1 saturated carbocycles. The van der Waals surface area contributed by atoms with E-state index in [1.807, 2.05) is 19.2 Å². The van der Waals surface area contributed by atoms with Crippen molar-refractivity contribution in [3.8, 4) is 0 Å². The van der Waals surface area contributed by atoms with Crippen LogP contribution in [0.25, 0.3) is 0 Å². The van der Waals surface area contributed by atoms with Crippen LogP contribution in [0.15, 0.2) is 12.3 Å². The molecule has 0 radical (unpaired) electrons. The molecular weight excluding hydrogens is 198 g/mol. The van der Waals surface area contributed by atoms with Gasteiger partial charge in [0.25, 0.3) is 0 Å². The Hall–Kier alpha value is -0.960. The fourth-order valence-corrected chi connectivity index (χ4v) is 2.52. The number of rotatable bonds is 3. The average Bonchev–Trinajstić information content (AvgIpc) is 2.55. The summed E-state index contributed by atoms with van der Waals surface area (Å²) in [7, 11) is 0. The van der Waals surface area contributed by atoms with Crippen LogP contribution >= 0.6 is 0 Å². The number of nitrogens with zero attached hydrogens (tertiary/aromatic N) is 2. The topological polar surface area (TPSA) is 37.8 Å². The second-order valence-corrected chi connectivity index (χ2v) is 5.85. The highest BCUT2D eigenvalue weighted by Gasteiger charge is 2.64. The van der Waals surface area contributed by atoms with Crippen LogP contribution in [0, 0.1) is 17.8 Å². The first-order valence-electron chi connectivity index (χ1n) is 5.87. The fraction of sp³-hybridized carbons (Fsp3) is 0.692. The number of hydrogen-bond acceptors (Lipinski definition) is 3. The molecule has 1 fully saturated rings. The minimum atomic E-state index is 0.384. The highest BCUT2D eigenvalue weighted by Crippen LogP contribution is 2.62. The van der Waals surface area contributed by atoms with Crippen LogP contribution in [-0.4, -0.2) is 16.0 Å². The van der Waals surface area contributed by atoms with Gasteiger partial charge in [0.2, 0.25) is 0 Å². The predicted molar refractivity (Wildman–Crippen MR) is 65.0 cm³/mol. The van der Waals surface area contributed by atoms with Crippen LogP contribution in [0.5, 0.6) is 0 Å². The van der Waals surface area contributed by atoms with Gasteiger partial charge in [-0.15, -0.1) is 0 Å². The van der Waals surface area contributed by atoms with E-state index in [2.05, 4.69) is 43.0 Å². The summed E-state index contributed by atoms with van der Waals surface area (Å²) in [6.45, 7) is 12.0. The van der Waals surface area contributed by atoms with Crippen LogP contribution < -0.4 is 5.32 Å². The summed E-state index contributed by atoms with van der Waals surface area (Å²) in [6, 6.07) is 2.55. The zero-order chi connectivity index (χ0) is 12.0. The molecule has 1 N–H and O–H groups in total. The van der Waals surface area contributed by atoms with E-state index < -0.39 is 0 Å². The summed E-state index contributed by atoms with van der Waals surface area (Å²) in [5.41, 5.74) is 1.84. The molecule has 0 amide bonds. The molecule has 88 valence electrons. The van der Waals surface area contributed by atoms with Gasteiger partial charge in [-0.05, 0) is 23.8 Å². The number of aromatic nitrogens is 2. The molecule has 0 aromatic carbocycles. The monoisotopic (exact) mass is 219 g/mol. The molecule has 0 atom stereocenters. The van der Waals surface area contributed by atoms with Crippen LogP contribution in [0.4, 0.5) is 0 Å². The number of hydrogen-bond donors (Lipinski definition) is 1. The van der Waals surface area contributed by atoms with Gasteiger partial charge in [0.15, 0.2) is 0 Å². The van der Waals surface area contributed by atoms with Gasteiger partial charge < -0.3 is 5.32 Å². The summed E-state index contributed by atoms with van der Waals surface area (Å²) in [4.78, 5) is 8.50. The smallest absolute Gasteiger partial charge is 0.125 e. The second-order valence-electron chi connectivity index (χ2n) is 5.85. The average molecular weight is 219 g/mol. The summed E-state index contributed by atoms with van der Waals surface area (Å²) in [5, 5.41) is 3.59. The van der Waals surface area contributed by atoms with Gasteiger partial charge in [-0.25, -0.2) is 9.97 Å². The van der Waals surface area contributed by atoms with E-state index in [1.165, 1.54) is 0 Å². The third kappa shape index (κ3) is 1.73. The molecule has 1 aromatic heterocycles. The lowest BCUT2D eigenvalue weighted by atomic mass is 10.0. The SMILES string of the molecule is Cc1nccc(CNC2C(C)(C)C2(C)C)n1. The largest absolute Gasteiger partial charge is 0.307 e. The molecule has 1 aromatic rings. The van der Waals surface area contributed by atoms with E-state index in [9.17, 15) is 0 Å². The minimum absolute atomic E-state index is 0.384. The molecule has 0 saturated heterocycles. The van der Waals surface area contributed by atoms with Crippen molar-refractivity contribution in [3.05, 3.63) is 23.8 Å². The van der Waals surface area contributed by atoms with Gasteiger partial charge >= 0.3 is 0 Å². The van der Waals surface area contributed by atoms with Gasteiger partial charge in [-0.1, -0.05) is 27.7 Å². The van der Waals surface area contributed by atoms with E-state index in [4.69, 9.17) is 0 Å². The molecule has 1 aliphatic carbocycles. The molecule has 0 unspecified atom stereocenters. The van der Waals surface area contributed by atoms with Gasteiger partial charge in [0.1, 0.15) is 5.82 Å². The first kappa shape index (κ1) is 11.5. The molecule has 0 bridgehead atoms. The van der Waals surface area contributed by atoms with Crippen LogP contribution in [-0.2, 0) is 6.54 Å².